The van der Waals surface area contributed by atoms with Crippen molar-refractivity contribution < 1.29 is 10.2 Å². The number of anilines is 1. The Morgan fingerprint density at radius 2 is 1.81 bits per heavy atom. The first kappa shape index (κ1) is 17.4. The van der Waals surface area contributed by atoms with E-state index in [1.165, 1.54) is 0 Å². The lowest BCUT2D eigenvalue weighted by Crippen LogP contribution is -2.27. The van der Waals surface area contributed by atoms with Gasteiger partial charge >= 0.3 is 0 Å². The maximum atomic E-state index is 10.3. The third-order valence-electron chi connectivity index (χ3n) is 4.42. The van der Waals surface area contributed by atoms with Crippen LogP contribution in [0.4, 0.5) is 5.82 Å². The van der Waals surface area contributed by atoms with Gasteiger partial charge in [-0.25, -0.2) is 9.97 Å². The number of aromatic nitrogens is 4. The molecule has 0 amide bonds. The molecule has 0 unspecified atom stereocenters. The van der Waals surface area contributed by atoms with Crippen LogP contribution in [0.15, 0.2) is 42.6 Å². The highest BCUT2D eigenvalue weighted by Crippen LogP contribution is 2.31. The van der Waals surface area contributed by atoms with E-state index in [0.29, 0.717) is 27.9 Å². The predicted octanol–water partition coefficient (Wildman–Crippen LogP) is 2.49. The zero-order valence-electron chi connectivity index (χ0n) is 15.2. The van der Waals surface area contributed by atoms with Crippen LogP contribution in [0.1, 0.15) is 19.7 Å². The molecule has 3 aromatic heterocycles. The summed E-state index contributed by atoms with van der Waals surface area (Å²) in [6.07, 6.45) is 1.79. The van der Waals surface area contributed by atoms with Gasteiger partial charge in [-0.15, -0.1) is 0 Å². The summed E-state index contributed by atoms with van der Waals surface area (Å²) in [6, 6.07) is 11.9. The fourth-order valence-corrected chi connectivity index (χ4v) is 3.29. The van der Waals surface area contributed by atoms with Crippen molar-refractivity contribution >= 4 is 27.9 Å². The van der Waals surface area contributed by atoms with Crippen LogP contribution in [0.2, 0.25) is 0 Å². The Morgan fingerprint density at radius 3 is 2.48 bits per heavy atom. The van der Waals surface area contributed by atoms with Crippen molar-refractivity contribution in [2.24, 2.45) is 0 Å². The number of aliphatic hydroxyl groups excluding tert-OH is 1. The van der Waals surface area contributed by atoms with Crippen molar-refractivity contribution in [3.05, 3.63) is 48.4 Å². The lowest BCUT2D eigenvalue weighted by atomic mass is 10.1. The topological polar surface area (TPSA) is 110 Å². The van der Waals surface area contributed by atoms with Gasteiger partial charge in [-0.1, -0.05) is 30.3 Å². The van der Waals surface area contributed by atoms with Gasteiger partial charge in [-0.05, 0) is 25.5 Å². The van der Waals surface area contributed by atoms with E-state index in [1.807, 2.05) is 36.4 Å². The molecule has 0 aliphatic carbocycles. The molecule has 0 saturated heterocycles. The largest absolute Gasteiger partial charge is 0.389 e. The Labute approximate surface area is 156 Å². The van der Waals surface area contributed by atoms with Crippen molar-refractivity contribution in [1.29, 1.82) is 0 Å². The molecular weight excluding hydrogens is 342 g/mol. The normalized spacial score (nSPS) is 12.1. The highest BCUT2D eigenvalue weighted by Gasteiger charge is 2.22. The summed E-state index contributed by atoms with van der Waals surface area (Å²) in [7, 11) is 0. The smallest absolute Gasteiger partial charge is 0.152 e. The predicted molar refractivity (Wildman–Crippen MR) is 105 cm³/mol. The second-order valence-corrected chi connectivity index (χ2v) is 7.24. The van der Waals surface area contributed by atoms with Gasteiger partial charge in [0.1, 0.15) is 29.0 Å². The summed E-state index contributed by atoms with van der Waals surface area (Å²) < 4.78 is 1.77. The molecule has 0 atom stereocenters. The van der Waals surface area contributed by atoms with Gasteiger partial charge < -0.3 is 20.5 Å². The Hall–Kier alpha value is -3.03. The Balaban J connectivity index is 2.01. The summed E-state index contributed by atoms with van der Waals surface area (Å²) >= 11 is 0. The van der Waals surface area contributed by atoms with Crippen LogP contribution < -0.4 is 5.73 Å². The summed E-state index contributed by atoms with van der Waals surface area (Å²) in [5, 5.41) is 20.0. The Bertz CT molecular complexity index is 1130. The molecule has 0 bridgehead atoms. The van der Waals surface area contributed by atoms with Crippen molar-refractivity contribution in [2.75, 3.05) is 5.73 Å². The van der Waals surface area contributed by atoms with Crippen LogP contribution in [0.5, 0.6) is 0 Å². The minimum atomic E-state index is -0.994. The van der Waals surface area contributed by atoms with Gasteiger partial charge in [0, 0.05) is 11.8 Å². The molecule has 0 aliphatic rings. The van der Waals surface area contributed by atoms with Crippen molar-refractivity contribution in [3.63, 3.8) is 0 Å². The van der Waals surface area contributed by atoms with Crippen molar-refractivity contribution in [3.8, 4) is 11.1 Å². The van der Waals surface area contributed by atoms with Crippen LogP contribution in [0.3, 0.4) is 0 Å². The molecule has 4 rings (SSSR count). The van der Waals surface area contributed by atoms with Gasteiger partial charge in [0.2, 0.25) is 0 Å². The van der Waals surface area contributed by atoms with Crippen molar-refractivity contribution in [1.82, 2.24) is 19.5 Å². The highest BCUT2D eigenvalue weighted by atomic mass is 16.3. The zero-order valence-corrected chi connectivity index (χ0v) is 15.2. The number of imidazole rings is 1. The molecule has 0 fully saturated rings. The molecule has 0 spiro atoms. The standard InChI is InChI=1S/C20H21N5O2/c1-20(2,27)11-25-15(10-26)24-17-18(25)16-14(23-19(17)21)8-13(9-22-16)12-6-4-3-5-7-12/h3-9,26-27H,10-11H2,1-2H3,(H2,21,23). The lowest BCUT2D eigenvalue weighted by molar-refractivity contribution is 0.0607. The molecule has 0 aliphatic heterocycles. The van der Waals surface area contributed by atoms with E-state index >= 15 is 0 Å². The number of rotatable bonds is 4. The van der Waals surface area contributed by atoms with Gasteiger partial charge in [0.25, 0.3) is 0 Å². The van der Waals surface area contributed by atoms with Gasteiger partial charge in [0.15, 0.2) is 5.82 Å². The van der Waals surface area contributed by atoms with E-state index in [0.717, 1.165) is 11.1 Å². The van der Waals surface area contributed by atoms with E-state index in [-0.39, 0.29) is 19.0 Å². The minimum Gasteiger partial charge on any atom is -0.389 e. The zero-order chi connectivity index (χ0) is 19.2. The van der Waals surface area contributed by atoms with E-state index in [1.54, 1.807) is 24.6 Å². The van der Waals surface area contributed by atoms with Crippen LogP contribution in [-0.2, 0) is 13.2 Å². The summed E-state index contributed by atoms with van der Waals surface area (Å²) in [6.45, 7) is 3.38. The van der Waals surface area contributed by atoms with E-state index < -0.39 is 5.60 Å². The molecule has 4 N–H and O–H groups in total. The number of benzene rings is 1. The monoisotopic (exact) mass is 363 g/mol. The third kappa shape index (κ3) is 3.11. The van der Waals surface area contributed by atoms with Crippen LogP contribution in [0.25, 0.3) is 33.2 Å². The van der Waals surface area contributed by atoms with Gasteiger partial charge in [0.05, 0.1) is 17.7 Å². The number of pyridine rings is 2. The molecule has 3 heterocycles. The quantitative estimate of drug-likeness (QED) is 0.514. The maximum absolute atomic E-state index is 10.3. The molecule has 138 valence electrons. The highest BCUT2D eigenvalue weighted by molar-refractivity contribution is 6.05. The number of nitrogens with zero attached hydrogens (tertiary/aromatic N) is 4. The van der Waals surface area contributed by atoms with Crippen LogP contribution in [-0.4, -0.2) is 35.3 Å². The van der Waals surface area contributed by atoms with E-state index in [9.17, 15) is 10.2 Å². The molecule has 1 aromatic carbocycles. The number of nitrogen functional groups attached to an aromatic ring is 1. The molecular formula is C20H21N5O2. The number of hydrogen-bond acceptors (Lipinski definition) is 6. The number of aliphatic hydroxyl groups is 2. The first-order valence-electron chi connectivity index (χ1n) is 8.70. The Morgan fingerprint density at radius 1 is 1.07 bits per heavy atom. The number of fused-ring (bicyclic) bond motifs is 3. The maximum Gasteiger partial charge on any atom is 0.152 e. The van der Waals surface area contributed by atoms with Crippen molar-refractivity contribution in [2.45, 2.75) is 32.6 Å². The van der Waals surface area contributed by atoms with Gasteiger partial charge in [-0.2, -0.15) is 0 Å². The molecule has 0 radical (unpaired) electrons. The summed E-state index contributed by atoms with van der Waals surface area (Å²) in [4.78, 5) is 13.5. The second-order valence-electron chi connectivity index (χ2n) is 7.24. The van der Waals surface area contributed by atoms with E-state index in [4.69, 9.17) is 5.73 Å². The molecule has 7 heteroatoms. The molecule has 7 nitrogen and oxygen atoms in total. The fourth-order valence-electron chi connectivity index (χ4n) is 3.29. The van der Waals surface area contributed by atoms with Gasteiger partial charge in [-0.3, -0.25) is 4.98 Å². The number of hydrogen-bond donors (Lipinski definition) is 3. The first-order chi connectivity index (χ1) is 12.9. The second kappa shape index (κ2) is 6.29. The summed E-state index contributed by atoms with van der Waals surface area (Å²) in [5.74, 6) is 0.691. The Kier molecular flexibility index (Phi) is 4.05. The molecule has 4 aromatic rings. The first-order valence-corrected chi connectivity index (χ1v) is 8.70. The van der Waals surface area contributed by atoms with E-state index in [2.05, 4.69) is 15.0 Å². The average Bonchev–Trinajstić information content (AvgIpc) is 2.99. The molecule has 0 saturated carbocycles. The summed E-state index contributed by atoms with van der Waals surface area (Å²) in [5.41, 5.74) is 9.56. The third-order valence-corrected chi connectivity index (χ3v) is 4.42. The van der Waals surface area contributed by atoms with Crippen LogP contribution >= 0.6 is 0 Å². The minimum absolute atomic E-state index is 0.250. The fraction of sp³-hybridized carbons (Fsp3) is 0.250. The van der Waals surface area contributed by atoms with Crippen LogP contribution in [0, 0.1) is 0 Å². The SMILES string of the molecule is CC(C)(O)Cn1c(CO)nc2c(N)nc3cc(-c4ccccc4)cnc3c21. The number of nitrogens with two attached hydrogens (primary N) is 1. The lowest BCUT2D eigenvalue weighted by Gasteiger charge is -2.20. The molecule has 27 heavy (non-hydrogen) atoms. The average molecular weight is 363 g/mol.